The number of rotatable bonds is 13. The van der Waals surface area contributed by atoms with Gasteiger partial charge in [0.05, 0.1) is 6.10 Å². The van der Waals surface area contributed by atoms with Gasteiger partial charge in [0.2, 0.25) is 0 Å². The fourth-order valence-electron chi connectivity index (χ4n) is 3.28. The third-order valence-electron chi connectivity index (χ3n) is 4.70. The Morgan fingerprint density at radius 3 is 2.44 bits per heavy atom. The van der Waals surface area contributed by atoms with Crippen LogP contribution in [0.1, 0.15) is 64.2 Å². The summed E-state index contributed by atoms with van der Waals surface area (Å²) in [6.45, 7) is 0. The Kier molecular flexibility index (Phi) is 10.7. The van der Waals surface area contributed by atoms with Crippen LogP contribution in [0, 0.1) is 11.8 Å². The number of ketones is 2. The Morgan fingerprint density at radius 1 is 1.08 bits per heavy atom. The van der Waals surface area contributed by atoms with Crippen molar-refractivity contribution in [1.82, 2.24) is 0 Å². The minimum Gasteiger partial charge on any atom is -0.481 e. The van der Waals surface area contributed by atoms with Crippen molar-refractivity contribution in [2.24, 2.45) is 11.8 Å². The zero-order valence-electron chi connectivity index (χ0n) is 14.7. The molecule has 142 valence electrons. The van der Waals surface area contributed by atoms with Crippen molar-refractivity contribution < 1.29 is 24.6 Å². The number of Topliss-reactive ketones (excluding diaryl/α,β-unsaturated/α-hetero) is 1. The van der Waals surface area contributed by atoms with Gasteiger partial charge < -0.3 is 10.2 Å². The number of hydrogen-bond acceptors (Lipinski definition) is 4. The van der Waals surface area contributed by atoms with Crippen LogP contribution in [0.25, 0.3) is 0 Å². The molecule has 25 heavy (non-hydrogen) atoms. The minimum absolute atomic E-state index is 0.00378. The van der Waals surface area contributed by atoms with Gasteiger partial charge in [-0.15, -0.1) is 11.6 Å². The summed E-state index contributed by atoms with van der Waals surface area (Å²) in [4.78, 5) is 34.4. The van der Waals surface area contributed by atoms with Crippen molar-refractivity contribution in [2.45, 2.75) is 70.3 Å². The van der Waals surface area contributed by atoms with Crippen molar-refractivity contribution in [1.29, 1.82) is 0 Å². The van der Waals surface area contributed by atoms with Crippen LogP contribution in [-0.2, 0) is 14.4 Å². The summed E-state index contributed by atoms with van der Waals surface area (Å²) in [5, 5.41) is 18.7. The number of halogens is 1. The van der Waals surface area contributed by atoms with Gasteiger partial charge in [-0.2, -0.15) is 0 Å². The van der Waals surface area contributed by atoms with Crippen molar-refractivity contribution in [3.8, 4) is 0 Å². The van der Waals surface area contributed by atoms with E-state index in [-0.39, 0.29) is 36.2 Å². The second kappa shape index (κ2) is 12.2. The minimum atomic E-state index is -0.782. The zero-order chi connectivity index (χ0) is 18.7. The van der Waals surface area contributed by atoms with Crippen molar-refractivity contribution in [2.75, 3.05) is 5.88 Å². The van der Waals surface area contributed by atoms with Crippen LogP contribution in [0.4, 0.5) is 0 Å². The maximum atomic E-state index is 12.1. The number of hydrogen-bond donors (Lipinski definition) is 2. The molecular weight excluding hydrogens is 344 g/mol. The van der Waals surface area contributed by atoms with E-state index in [9.17, 15) is 19.5 Å². The molecule has 0 heterocycles. The Labute approximate surface area is 154 Å². The molecular formula is C19H29ClO5. The quantitative estimate of drug-likeness (QED) is 0.293. The Morgan fingerprint density at radius 2 is 1.76 bits per heavy atom. The van der Waals surface area contributed by atoms with Gasteiger partial charge in [0.15, 0.2) is 5.78 Å². The number of alkyl halides is 1. The molecule has 3 unspecified atom stereocenters. The fourth-order valence-corrected chi connectivity index (χ4v) is 3.47. The predicted octanol–water partition coefficient (Wildman–Crippen LogP) is 3.51. The summed E-state index contributed by atoms with van der Waals surface area (Å²) >= 11 is 5.59. The lowest BCUT2D eigenvalue weighted by atomic mass is 9.88. The number of carboxylic acids is 1. The van der Waals surface area contributed by atoms with Gasteiger partial charge in [-0.3, -0.25) is 14.4 Å². The molecule has 0 spiro atoms. The first kappa shape index (κ1) is 21.8. The molecule has 1 saturated carbocycles. The summed E-state index contributed by atoms with van der Waals surface area (Å²) in [6, 6.07) is 0. The van der Waals surface area contributed by atoms with Crippen molar-refractivity contribution >= 4 is 29.1 Å². The summed E-state index contributed by atoms with van der Waals surface area (Å²) in [5.74, 6) is -0.701. The van der Waals surface area contributed by atoms with E-state index >= 15 is 0 Å². The van der Waals surface area contributed by atoms with Crippen molar-refractivity contribution in [3.63, 3.8) is 0 Å². The third-order valence-corrected chi connectivity index (χ3v) is 4.97. The van der Waals surface area contributed by atoms with Gasteiger partial charge in [0.25, 0.3) is 0 Å². The van der Waals surface area contributed by atoms with Crippen molar-refractivity contribution in [3.05, 3.63) is 12.2 Å². The van der Waals surface area contributed by atoms with E-state index in [0.29, 0.717) is 25.1 Å². The Hall–Kier alpha value is -1.20. The molecule has 3 atom stereocenters. The first-order valence-electron chi connectivity index (χ1n) is 9.15. The topological polar surface area (TPSA) is 91.7 Å². The number of carbonyl (C=O) groups excluding carboxylic acids is 2. The molecule has 6 heteroatoms. The largest absolute Gasteiger partial charge is 0.481 e. The van der Waals surface area contributed by atoms with Crippen LogP contribution < -0.4 is 0 Å². The van der Waals surface area contributed by atoms with Crippen LogP contribution in [0.3, 0.4) is 0 Å². The second-order valence-corrected chi connectivity index (χ2v) is 7.12. The number of aliphatic hydroxyl groups excluding tert-OH is 1. The molecule has 0 aromatic carbocycles. The third kappa shape index (κ3) is 8.63. The number of aliphatic hydroxyl groups is 1. The number of carboxylic acid groups (broad SMARTS) is 1. The fraction of sp³-hybridized carbons (Fsp3) is 0.737. The monoisotopic (exact) mass is 372 g/mol. The van der Waals surface area contributed by atoms with E-state index in [0.717, 1.165) is 32.1 Å². The molecule has 0 aromatic rings. The molecule has 0 saturated heterocycles. The van der Waals surface area contributed by atoms with E-state index in [1.54, 1.807) is 6.08 Å². The van der Waals surface area contributed by atoms with Gasteiger partial charge in [-0.1, -0.05) is 25.3 Å². The highest BCUT2D eigenvalue weighted by Gasteiger charge is 2.39. The maximum absolute atomic E-state index is 12.1. The molecule has 5 nitrogen and oxygen atoms in total. The Balaban J connectivity index is 2.40. The van der Waals surface area contributed by atoms with Gasteiger partial charge >= 0.3 is 5.97 Å². The normalized spacial score (nSPS) is 23.4. The summed E-state index contributed by atoms with van der Waals surface area (Å²) in [5.41, 5.74) is 0. The summed E-state index contributed by atoms with van der Waals surface area (Å²) in [6.07, 6.45) is 8.67. The molecule has 0 aliphatic heterocycles. The lowest BCUT2D eigenvalue weighted by Crippen LogP contribution is -2.19. The molecule has 1 aliphatic carbocycles. The molecule has 0 amide bonds. The average Bonchev–Trinajstić information content (AvgIpc) is 2.82. The molecule has 1 aliphatic rings. The van der Waals surface area contributed by atoms with Gasteiger partial charge in [0.1, 0.15) is 5.78 Å². The van der Waals surface area contributed by atoms with Gasteiger partial charge in [-0.05, 0) is 31.8 Å². The highest BCUT2D eigenvalue weighted by atomic mass is 35.5. The van der Waals surface area contributed by atoms with Crippen LogP contribution in [0.5, 0.6) is 0 Å². The lowest BCUT2D eigenvalue weighted by molar-refractivity contribution is -0.137. The van der Waals surface area contributed by atoms with Gasteiger partial charge in [-0.25, -0.2) is 0 Å². The number of carbonyl (C=O) groups is 3. The molecule has 2 N–H and O–H groups in total. The first-order valence-corrected chi connectivity index (χ1v) is 9.68. The smallest absolute Gasteiger partial charge is 0.303 e. The second-order valence-electron chi connectivity index (χ2n) is 6.74. The maximum Gasteiger partial charge on any atom is 0.303 e. The summed E-state index contributed by atoms with van der Waals surface area (Å²) < 4.78 is 0. The molecule has 1 fully saturated rings. The number of allylic oxidation sites excluding steroid dienone is 1. The predicted molar refractivity (Wildman–Crippen MR) is 96.7 cm³/mol. The van der Waals surface area contributed by atoms with E-state index in [4.69, 9.17) is 16.7 Å². The van der Waals surface area contributed by atoms with E-state index in [2.05, 4.69) is 0 Å². The molecule has 0 bridgehead atoms. The van der Waals surface area contributed by atoms with Crippen LogP contribution in [-0.4, -0.2) is 39.7 Å². The zero-order valence-corrected chi connectivity index (χ0v) is 15.4. The highest BCUT2D eigenvalue weighted by molar-refractivity contribution is 6.17. The standard InChI is InChI=1S/C19H29ClO5/c20-12-6-5-7-14(21)10-11-16-15(17(22)13-18(16)23)8-3-1-2-4-9-19(24)25/h10-11,15-16,18,23H,1-9,12-13H2,(H,24,25). The molecule has 0 aromatic heterocycles. The summed E-state index contributed by atoms with van der Waals surface area (Å²) in [7, 11) is 0. The van der Waals surface area contributed by atoms with Crippen LogP contribution in [0.15, 0.2) is 12.2 Å². The van der Waals surface area contributed by atoms with Crippen LogP contribution >= 0.6 is 11.6 Å². The first-order chi connectivity index (χ1) is 12.0. The Bertz CT molecular complexity index is 474. The SMILES string of the molecule is O=C(O)CCCCCCC1C(=O)CC(O)C1C=CC(=O)CCCCCl. The lowest BCUT2D eigenvalue weighted by Gasteiger charge is -2.17. The van der Waals surface area contributed by atoms with E-state index in [1.165, 1.54) is 6.08 Å². The van der Waals surface area contributed by atoms with Gasteiger partial charge in [0, 0.05) is 37.0 Å². The van der Waals surface area contributed by atoms with E-state index < -0.39 is 12.1 Å². The average molecular weight is 373 g/mol. The molecule has 0 radical (unpaired) electrons. The number of aliphatic carboxylic acids is 1. The van der Waals surface area contributed by atoms with E-state index in [1.807, 2.05) is 0 Å². The molecule has 1 rings (SSSR count). The highest BCUT2D eigenvalue weighted by Crippen LogP contribution is 2.34. The van der Waals surface area contributed by atoms with Crippen LogP contribution in [0.2, 0.25) is 0 Å². The number of unbranched alkanes of at least 4 members (excludes halogenated alkanes) is 4.